The van der Waals surface area contributed by atoms with E-state index in [-0.39, 0.29) is 11.5 Å². The molecule has 0 radical (unpaired) electrons. The molecule has 1 atom stereocenters. The molecule has 0 aromatic rings. The van der Waals surface area contributed by atoms with Gasteiger partial charge in [-0.15, -0.1) is 0 Å². The van der Waals surface area contributed by atoms with Gasteiger partial charge in [0.15, 0.2) is 0 Å². The molecule has 1 aliphatic carbocycles. The van der Waals surface area contributed by atoms with Crippen molar-refractivity contribution in [2.75, 3.05) is 19.6 Å². The Morgan fingerprint density at radius 1 is 1.22 bits per heavy atom. The van der Waals surface area contributed by atoms with Crippen molar-refractivity contribution in [3.8, 4) is 0 Å². The lowest BCUT2D eigenvalue weighted by Crippen LogP contribution is -2.52. The summed E-state index contributed by atoms with van der Waals surface area (Å²) in [6, 6.07) is 0. The van der Waals surface area contributed by atoms with Crippen LogP contribution in [0, 0.1) is 5.92 Å². The van der Waals surface area contributed by atoms with Gasteiger partial charge in [0.25, 0.3) is 0 Å². The van der Waals surface area contributed by atoms with Crippen molar-refractivity contribution in [2.45, 2.75) is 56.7 Å². The van der Waals surface area contributed by atoms with Crippen LogP contribution in [0.3, 0.4) is 0 Å². The van der Waals surface area contributed by atoms with E-state index in [2.05, 4.69) is 4.90 Å². The van der Waals surface area contributed by atoms with Gasteiger partial charge in [0, 0.05) is 19.6 Å². The Bertz CT molecular complexity index is 319. The molecule has 2 aliphatic heterocycles. The molecule has 102 valence electrons. The molecule has 4 heteroatoms. The van der Waals surface area contributed by atoms with Gasteiger partial charge in [-0.2, -0.15) is 0 Å². The van der Waals surface area contributed by atoms with Crippen LogP contribution in [-0.4, -0.2) is 47.3 Å². The third-order valence-electron chi connectivity index (χ3n) is 4.87. The number of carboxylic acids is 1. The number of hydrogen-bond acceptors (Lipinski definition) is 3. The zero-order chi connectivity index (χ0) is 12.6. The molecule has 1 saturated carbocycles. The van der Waals surface area contributed by atoms with Crippen LogP contribution in [0.2, 0.25) is 0 Å². The number of carbonyl (C=O) groups is 1. The third-order valence-corrected chi connectivity index (χ3v) is 4.87. The van der Waals surface area contributed by atoms with Crippen molar-refractivity contribution in [1.29, 1.82) is 0 Å². The SMILES string of the molecule is O=C(O)C1CN(CC2CCC3(CCCCC3)O2)C1. The highest BCUT2D eigenvalue weighted by Crippen LogP contribution is 2.42. The molecule has 1 unspecified atom stereocenters. The molecule has 3 aliphatic rings. The molecule has 2 saturated heterocycles. The number of aliphatic carboxylic acids is 1. The van der Waals surface area contributed by atoms with Crippen LogP contribution >= 0.6 is 0 Å². The maximum absolute atomic E-state index is 10.7. The van der Waals surface area contributed by atoms with Crippen LogP contribution in [0.25, 0.3) is 0 Å². The topological polar surface area (TPSA) is 49.8 Å². The summed E-state index contributed by atoms with van der Waals surface area (Å²) in [6.07, 6.45) is 9.19. The number of nitrogens with zero attached hydrogens (tertiary/aromatic N) is 1. The second-order valence-corrected chi connectivity index (χ2v) is 6.28. The molecule has 3 rings (SSSR count). The third kappa shape index (κ3) is 2.41. The van der Waals surface area contributed by atoms with Crippen molar-refractivity contribution >= 4 is 5.97 Å². The predicted octanol–water partition coefficient (Wildman–Crippen LogP) is 1.88. The number of carboxylic acid groups (broad SMARTS) is 1. The first kappa shape index (κ1) is 12.4. The fourth-order valence-corrected chi connectivity index (χ4v) is 3.75. The second kappa shape index (κ2) is 4.82. The van der Waals surface area contributed by atoms with Crippen LogP contribution in [-0.2, 0) is 9.53 Å². The Labute approximate surface area is 108 Å². The summed E-state index contributed by atoms with van der Waals surface area (Å²) in [5.74, 6) is -0.794. The maximum Gasteiger partial charge on any atom is 0.309 e. The lowest BCUT2D eigenvalue weighted by molar-refractivity contribution is -0.149. The van der Waals surface area contributed by atoms with Gasteiger partial charge in [-0.25, -0.2) is 0 Å². The van der Waals surface area contributed by atoms with Crippen LogP contribution in [0.1, 0.15) is 44.9 Å². The molecule has 0 aromatic heterocycles. The molecule has 1 N–H and O–H groups in total. The standard InChI is InChI=1S/C14H23NO3/c16-13(17)11-8-15(9-11)10-12-4-7-14(18-12)5-2-1-3-6-14/h11-12H,1-10H2,(H,16,17). The first-order chi connectivity index (χ1) is 8.67. The molecular formula is C14H23NO3. The highest BCUT2D eigenvalue weighted by molar-refractivity contribution is 5.71. The van der Waals surface area contributed by atoms with Gasteiger partial charge in [0.05, 0.1) is 17.6 Å². The zero-order valence-electron chi connectivity index (χ0n) is 10.9. The highest BCUT2D eigenvalue weighted by Gasteiger charge is 2.42. The zero-order valence-corrected chi connectivity index (χ0v) is 10.9. The first-order valence-corrected chi connectivity index (χ1v) is 7.30. The average molecular weight is 253 g/mol. The average Bonchev–Trinajstić information content (AvgIpc) is 2.67. The molecule has 4 nitrogen and oxygen atoms in total. The van der Waals surface area contributed by atoms with E-state index >= 15 is 0 Å². The summed E-state index contributed by atoms with van der Waals surface area (Å²) in [5, 5.41) is 8.85. The quantitative estimate of drug-likeness (QED) is 0.834. The maximum atomic E-state index is 10.7. The van der Waals surface area contributed by atoms with Crippen molar-refractivity contribution in [3.05, 3.63) is 0 Å². The van der Waals surface area contributed by atoms with Crippen molar-refractivity contribution in [1.82, 2.24) is 4.90 Å². The van der Waals surface area contributed by atoms with Crippen LogP contribution < -0.4 is 0 Å². The van der Waals surface area contributed by atoms with E-state index in [1.54, 1.807) is 0 Å². The van der Waals surface area contributed by atoms with Crippen molar-refractivity contribution in [2.24, 2.45) is 5.92 Å². The van der Waals surface area contributed by atoms with E-state index in [0.717, 1.165) is 13.0 Å². The normalized spacial score (nSPS) is 32.6. The van der Waals surface area contributed by atoms with Crippen molar-refractivity contribution in [3.63, 3.8) is 0 Å². The van der Waals surface area contributed by atoms with E-state index in [0.29, 0.717) is 19.2 Å². The number of rotatable bonds is 3. The fraction of sp³-hybridized carbons (Fsp3) is 0.929. The Balaban J connectivity index is 1.44. The largest absolute Gasteiger partial charge is 0.481 e. The molecule has 3 fully saturated rings. The minimum Gasteiger partial charge on any atom is -0.481 e. The first-order valence-electron chi connectivity index (χ1n) is 7.30. The summed E-state index contributed by atoms with van der Waals surface area (Å²) in [6.45, 7) is 2.36. The molecule has 1 spiro atoms. The van der Waals surface area contributed by atoms with Crippen LogP contribution in [0.5, 0.6) is 0 Å². The Morgan fingerprint density at radius 2 is 1.94 bits per heavy atom. The minimum atomic E-state index is -0.651. The van der Waals surface area contributed by atoms with Gasteiger partial charge >= 0.3 is 5.97 Å². The number of ether oxygens (including phenoxy) is 1. The van der Waals surface area contributed by atoms with Gasteiger partial charge in [-0.05, 0) is 25.7 Å². The Morgan fingerprint density at radius 3 is 2.61 bits per heavy atom. The molecule has 0 bridgehead atoms. The highest BCUT2D eigenvalue weighted by atomic mass is 16.5. The molecule has 2 heterocycles. The summed E-state index contributed by atoms with van der Waals surface area (Å²) < 4.78 is 6.30. The predicted molar refractivity (Wildman–Crippen MR) is 67.5 cm³/mol. The van der Waals surface area contributed by atoms with E-state index in [4.69, 9.17) is 9.84 Å². The van der Waals surface area contributed by atoms with E-state index < -0.39 is 5.97 Å². The smallest absolute Gasteiger partial charge is 0.309 e. The summed E-state index contributed by atoms with van der Waals surface area (Å²) in [4.78, 5) is 13.0. The molecular weight excluding hydrogens is 230 g/mol. The summed E-state index contributed by atoms with van der Waals surface area (Å²) in [5.41, 5.74) is 0.194. The summed E-state index contributed by atoms with van der Waals surface area (Å²) >= 11 is 0. The van der Waals surface area contributed by atoms with Gasteiger partial charge in [0.1, 0.15) is 0 Å². The Hall–Kier alpha value is -0.610. The number of hydrogen-bond donors (Lipinski definition) is 1. The van der Waals surface area contributed by atoms with E-state index in [1.165, 1.54) is 38.5 Å². The second-order valence-electron chi connectivity index (χ2n) is 6.28. The van der Waals surface area contributed by atoms with Crippen LogP contribution in [0.4, 0.5) is 0 Å². The van der Waals surface area contributed by atoms with Crippen LogP contribution in [0.15, 0.2) is 0 Å². The lowest BCUT2D eigenvalue weighted by Gasteiger charge is -2.39. The van der Waals surface area contributed by atoms with Crippen molar-refractivity contribution < 1.29 is 14.6 Å². The van der Waals surface area contributed by atoms with E-state index in [1.807, 2.05) is 0 Å². The van der Waals surface area contributed by atoms with Gasteiger partial charge in [0.2, 0.25) is 0 Å². The van der Waals surface area contributed by atoms with Gasteiger partial charge < -0.3 is 9.84 Å². The summed E-state index contributed by atoms with van der Waals surface area (Å²) in [7, 11) is 0. The van der Waals surface area contributed by atoms with Gasteiger partial charge in [-0.3, -0.25) is 9.69 Å². The van der Waals surface area contributed by atoms with E-state index in [9.17, 15) is 4.79 Å². The molecule has 0 amide bonds. The fourth-order valence-electron chi connectivity index (χ4n) is 3.75. The minimum absolute atomic E-state index is 0.143. The molecule has 0 aromatic carbocycles. The Kier molecular flexibility index (Phi) is 3.32. The molecule has 18 heavy (non-hydrogen) atoms. The van der Waals surface area contributed by atoms with Gasteiger partial charge in [-0.1, -0.05) is 19.3 Å². The number of likely N-dealkylation sites (tertiary alicyclic amines) is 1. The lowest BCUT2D eigenvalue weighted by atomic mass is 9.83. The monoisotopic (exact) mass is 253 g/mol.